The summed E-state index contributed by atoms with van der Waals surface area (Å²) in [5.74, 6) is 0.838. The first-order chi connectivity index (χ1) is 13.7. The molecule has 0 unspecified atom stereocenters. The SMILES string of the molecule is COc1ccc(CCNC(=O)N(Cc2ccccc2)Cc2ccccc2)cc1. The van der Waals surface area contributed by atoms with Crippen molar-refractivity contribution < 1.29 is 9.53 Å². The second-order valence-corrected chi connectivity index (χ2v) is 6.66. The fourth-order valence-electron chi connectivity index (χ4n) is 3.02. The van der Waals surface area contributed by atoms with Gasteiger partial charge in [-0.25, -0.2) is 4.79 Å². The molecular weight excluding hydrogens is 348 g/mol. The number of methoxy groups -OCH3 is 1. The normalized spacial score (nSPS) is 10.3. The maximum absolute atomic E-state index is 12.8. The molecule has 0 heterocycles. The van der Waals surface area contributed by atoms with Gasteiger partial charge in [0.05, 0.1) is 7.11 Å². The quantitative estimate of drug-likeness (QED) is 0.624. The first kappa shape index (κ1) is 19.5. The molecule has 0 radical (unpaired) electrons. The summed E-state index contributed by atoms with van der Waals surface area (Å²) in [5.41, 5.74) is 3.39. The molecule has 28 heavy (non-hydrogen) atoms. The highest BCUT2D eigenvalue weighted by atomic mass is 16.5. The maximum atomic E-state index is 12.8. The molecule has 3 aromatic carbocycles. The second-order valence-electron chi connectivity index (χ2n) is 6.66. The number of nitrogens with one attached hydrogen (secondary N) is 1. The number of urea groups is 1. The fourth-order valence-corrected chi connectivity index (χ4v) is 3.02. The van der Waals surface area contributed by atoms with Crippen molar-refractivity contribution in [1.82, 2.24) is 10.2 Å². The number of ether oxygens (including phenoxy) is 1. The number of hydrogen-bond acceptors (Lipinski definition) is 2. The number of carbonyl (C=O) groups is 1. The molecule has 3 aromatic rings. The van der Waals surface area contributed by atoms with Crippen molar-refractivity contribution in [2.45, 2.75) is 19.5 Å². The zero-order chi connectivity index (χ0) is 19.6. The first-order valence-electron chi connectivity index (χ1n) is 9.48. The lowest BCUT2D eigenvalue weighted by Gasteiger charge is -2.23. The third kappa shape index (κ3) is 5.88. The van der Waals surface area contributed by atoms with Gasteiger partial charge < -0.3 is 15.0 Å². The number of hydrogen-bond donors (Lipinski definition) is 1. The Kier molecular flexibility index (Phi) is 7.08. The van der Waals surface area contributed by atoms with E-state index in [9.17, 15) is 4.79 Å². The molecule has 1 N–H and O–H groups in total. The van der Waals surface area contributed by atoms with Gasteiger partial charge in [0.2, 0.25) is 0 Å². The Labute approximate surface area is 166 Å². The van der Waals surface area contributed by atoms with E-state index in [1.807, 2.05) is 89.8 Å². The summed E-state index contributed by atoms with van der Waals surface area (Å²) < 4.78 is 5.18. The van der Waals surface area contributed by atoms with Gasteiger partial charge in [0.25, 0.3) is 0 Å². The Hall–Kier alpha value is -3.27. The van der Waals surface area contributed by atoms with Crippen molar-refractivity contribution in [2.24, 2.45) is 0 Å². The van der Waals surface area contributed by atoms with Crippen LogP contribution in [0.25, 0.3) is 0 Å². The van der Waals surface area contributed by atoms with Crippen LogP contribution in [0.5, 0.6) is 5.75 Å². The van der Waals surface area contributed by atoms with Crippen LogP contribution in [0.3, 0.4) is 0 Å². The van der Waals surface area contributed by atoms with E-state index in [0.717, 1.165) is 23.3 Å². The van der Waals surface area contributed by atoms with E-state index in [-0.39, 0.29) is 6.03 Å². The summed E-state index contributed by atoms with van der Waals surface area (Å²) in [4.78, 5) is 14.7. The highest BCUT2D eigenvalue weighted by Crippen LogP contribution is 2.12. The van der Waals surface area contributed by atoms with Crippen LogP contribution in [0.15, 0.2) is 84.9 Å². The van der Waals surface area contributed by atoms with Gasteiger partial charge in [-0.05, 0) is 35.2 Å². The molecule has 0 aromatic heterocycles. The van der Waals surface area contributed by atoms with Gasteiger partial charge in [-0.1, -0.05) is 72.8 Å². The van der Waals surface area contributed by atoms with E-state index in [2.05, 4.69) is 5.32 Å². The zero-order valence-corrected chi connectivity index (χ0v) is 16.2. The highest BCUT2D eigenvalue weighted by molar-refractivity contribution is 5.74. The van der Waals surface area contributed by atoms with Gasteiger partial charge in [0.15, 0.2) is 0 Å². The van der Waals surface area contributed by atoms with Crippen LogP contribution in [0.2, 0.25) is 0 Å². The second kappa shape index (κ2) is 10.2. The van der Waals surface area contributed by atoms with E-state index in [1.54, 1.807) is 7.11 Å². The van der Waals surface area contributed by atoms with E-state index < -0.39 is 0 Å². The van der Waals surface area contributed by atoms with Gasteiger partial charge >= 0.3 is 6.03 Å². The minimum absolute atomic E-state index is 0.0544. The van der Waals surface area contributed by atoms with E-state index in [4.69, 9.17) is 4.74 Å². The van der Waals surface area contributed by atoms with E-state index >= 15 is 0 Å². The van der Waals surface area contributed by atoms with Crippen molar-refractivity contribution in [1.29, 1.82) is 0 Å². The molecule has 144 valence electrons. The average molecular weight is 374 g/mol. The van der Waals surface area contributed by atoms with Gasteiger partial charge in [-0.15, -0.1) is 0 Å². The average Bonchev–Trinajstić information content (AvgIpc) is 2.75. The van der Waals surface area contributed by atoms with E-state index in [1.165, 1.54) is 5.56 Å². The van der Waals surface area contributed by atoms with Crippen LogP contribution >= 0.6 is 0 Å². The smallest absolute Gasteiger partial charge is 0.318 e. The minimum atomic E-state index is -0.0544. The standard InChI is InChI=1S/C24H26N2O2/c1-28-23-14-12-20(13-15-23)16-17-25-24(27)26(18-21-8-4-2-5-9-21)19-22-10-6-3-7-11-22/h2-15H,16-19H2,1H3,(H,25,27). The van der Waals surface area contributed by atoms with Gasteiger partial charge in [0, 0.05) is 19.6 Å². The lowest BCUT2D eigenvalue weighted by molar-refractivity contribution is 0.192. The topological polar surface area (TPSA) is 41.6 Å². The van der Waals surface area contributed by atoms with Crippen molar-refractivity contribution in [3.8, 4) is 5.75 Å². The lowest BCUT2D eigenvalue weighted by Crippen LogP contribution is -2.40. The third-order valence-electron chi connectivity index (χ3n) is 4.57. The summed E-state index contributed by atoms with van der Waals surface area (Å²) in [6.07, 6.45) is 0.778. The number of nitrogens with zero attached hydrogens (tertiary/aromatic N) is 1. The maximum Gasteiger partial charge on any atom is 0.318 e. The molecule has 3 rings (SSSR count). The molecule has 0 saturated heterocycles. The molecule has 0 saturated carbocycles. The molecular formula is C24H26N2O2. The predicted molar refractivity (Wildman–Crippen MR) is 112 cm³/mol. The molecule has 0 aliphatic heterocycles. The zero-order valence-electron chi connectivity index (χ0n) is 16.2. The van der Waals surface area contributed by atoms with Crippen LogP contribution in [0.1, 0.15) is 16.7 Å². The van der Waals surface area contributed by atoms with Gasteiger partial charge in [-0.3, -0.25) is 0 Å². The van der Waals surface area contributed by atoms with Crippen LogP contribution in [-0.2, 0) is 19.5 Å². The highest BCUT2D eigenvalue weighted by Gasteiger charge is 2.14. The molecule has 0 spiro atoms. The predicted octanol–water partition coefficient (Wildman–Crippen LogP) is 4.65. The molecule has 4 nitrogen and oxygen atoms in total. The van der Waals surface area contributed by atoms with Crippen LogP contribution < -0.4 is 10.1 Å². The molecule has 0 atom stereocenters. The van der Waals surface area contributed by atoms with Crippen molar-refractivity contribution in [3.63, 3.8) is 0 Å². The summed E-state index contributed by atoms with van der Waals surface area (Å²) in [7, 11) is 1.66. The lowest BCUT2D eigenvalue weighted by atomic mass is 10.1. The minimum Gasteiger partial charge on any atom is -0.497 e. The Morgan fingerprint density at radius 1 is 0.786 bits per heavy atom. The molecule has 4 heteroatoms. The summed E-state index contributed by atoms with van der Waals surface area (Å²) in [5, 5.41) is 3.06. The Morgan fingerprint density at radius 2 is 1.32 bits per heavy atom. The van der Waals surface area contributed by atoms with Crippen LogP contribution in [0, 0.1) is 0 Å². The molecule has 0 aliphatic rings. The number of rotatable bonds is 8. The van der Waals surface area contributed by atoms with Gasteiger partial charge in [-0.2, -0.15) is 0 Å². The molecule has 0 aliphatic carbocycles. The number of amides is 2. The summed E-state index contributed by atoms with van der Waals surface area (Å²) in [6.45, 7) is 1.74. The van der Waals surface area contributed by atoms with Gasteiger partial charge in [0.1, 0.15) is 5.75 Å². The number of carbonyl (C=O) groups excluding carboxylic acids is 1. The van der Waals surface area contributed by atoms with Crippen molar-refractivity contribution in [3.05, 3.63) is 102 Å². The van der Waals surface area contributed by atoms with Crippen molar-refractivity contribution in [2.75, 3.05) is 13.7 Å². The summed E-state index contributed by atoms with van der Waals surface area (Å²) in [6, 6.07) is 28.0. The monoisotopic (exact) mass is 374 g/mol. The first-order valence-corrected chi connectivity index (χ1v) is 9.48. The largest absolute Gasteiger partial charge is 0.497 e. The molecule has 0 bridgehead atoms. The Morgan fingerprint density at radius 3 is 1.82 bits per heavy atom. The van der Waals surface area contributed by atoms with Crippen LogP contribution in [-0.4, -0.2) is 24.6 Å². The van der Waals surface area contributed by atoms with Crippen molar-refractivity contribution >= 4 is 6.03 Å². The third-order valence-corrected chi connectivity index (χ3v) is 4.57. The molecule has 0 fully saturated rings. The van der Waals surface area contributed by atoms with E-state index in [0.29, 0.717) is 19.6 Å². The Balaban J connectivity index is 1.60. The fraction of sp³-hybridized carbons (Fsp3) is 0.208. The summed E-state index contributed by atoms with van der Waals surface area (Å²) >= 11 is 0. The number of benzene rings is 3. The Bertz CT molecular complexity index is 807. The molecule has 2 amide bonds. The van der Waals surface area contributed by atoms with Crippen LogP contribution in [0.4, 0.5) is 4.79 Å².